The summed E-state index contributed by atoms with van der Waals surface area (Å²) in [4.78, 5) is 69.0. The Morgan fingerprint density at radius 2 is 1.10 bits per heavy atom. The average Bonchev–Trinajstić information content (AvgIpc) is 4.12. The maximum Gasteiger partial charge on any atom is 0.407 e. The molecular weight excluding hydrogens is 825 g/mol. The zero-order valence-electron chi connectivity index (χ0n) is 35.9. The van der Waals surface area contributed by atoms with Crippen LogP contribution in [0, 0.1) is 11.8 Å². The molecule has 6 atom stereocenters. The maximum absolute atomic E-state index is 15.0. The molecule has 2 aromatic carbocycles. The van der Waals surface area contributed by atoms with Gasteiger partial charge >= 0.3 is 12.2 Å². The molecule has 18 heteroatoms. The number of benzene rings is 2. The first-order valence-electron chi connectivity index (χ1n) is 21.3. The van der Waals surface area contributed by atoms with E-state index >= 15 is 8.78 Å². The molecule has 4 aromatic rings. The van der Waals surface area contributed by atoms with Crippen molar-refractivity contribution in [3.63, 3.8) is 0 Å². The number of rotatable bonds is 11. The van der Waals surface area contributed by atoms with Crippen LogP contribution in [0.25, 0.3) is 33.6 Å². The summed E-state index contributed by atoms with van der Waals surface area (Å²) in [6, 6.07) is 7.72. The quantitative estimate of drug-likeness (QED) is 0.110. The van der Waals surface area contributed by atoms with Crippen LogP contribution in [0.5, 0.6) is 0 Å². The smallest absolute Gasteiger partial charge is 0.407 e. The van der Waals surface area contributed by atoms with E-state index in [1.807, 2.05) is 30.3 Å². The van der Waals surface area contributed by atoms with Crippen molar-refractivity contribution in [2.75, 3.05) is 27.3 Å². The number of carbonyl (C=O) groups is 4. The van der Waals surface area contributed by atoms with Gasteiger partial charge in [-0.05, 0) is 70.8 Å². The number of aromatic amines is 2. The highest BCUT2D eigenvalue weighted by Gasteiger charge is 2.52. The Kier molecular flexibility index (Phi) is 11.5. The summed E-state index contributed by atoms with van der Waals surface area (Å²) in [7, 11) is 2.33. The number of imidazole rings is 2. The molecule has 2 aliphatic heterocycles. The fourth-order valence-corrected chi connectivity index (χ4v) is 9.98. The number of hydrogen-bond donors (Lipinski definition) is 4. The molecule has 0 radical (unpaired) electrons. The SMILES string of the molecule is COC(=O)N[C@H](C(=O)N1CC(F)(F)C[C@H]1c1ncc(-c2ccc(-c3ccc(-c4cnc([C@@H]5CC(F)(F)CN5C(=O)[C@@H](NC(=O)OC)C(C)C)[nH]4)c4c3C3CCC4C3)cc2)[nH]1)C(C)C. The minimum atomic E-state index is -3.16. The predicted molar refractivity (Wildman–Crippen MR) is 223 cm³/mol. The Morgan fingerprint density at radius 3 is 1.57 bits per heavy atom. The van der Waals surface area contributed by atoms with E-state index in [4.69, 9.17) is 0 Å². The normalized spacial score (nSPS) is 22.9. The van der Waals surface area contributed by atoms with Crippen LogP contribution in [0.2, 0.25) is 0 Å². The number of fused-ring (bicyclic) bond motifs is 5. The zero-order chi connectivity index (χ0) is 45.1. The van der Waals surface area contributed by atoms with Crippen molar-refractivity contribution in [2.24, 2.45) is 11.8 Å². The van der Waals surface area contributed by atoms with Gasteiger partial charge in [0, 0.05) is 18.4 Å². The lowest BCUT2D eigenvalue weighted by atomic mass is 9.82. The fraction of sp³-hybridized carbons (Fsp3) is 0.511. The number of nitrogens with zero attached hydrogens (tertiary/aromatic N) is 4. The van der Waals surface area contributed by atoms with Gasteiger partial charge in [0.2, 0.25) is 11.8 Å². The summed E-state index contributed by atoms with van der Waals surface area (Å²) < 4.78 is 69.2. The minimum absolute atomic E-state index is 0.211. The van der Waals surface area contributed by atoms with Crippen LogP contribution < -0.4 is 10.6 Å². The largest absolute Gasteiger partial charge is 0.453 e. The van der Waals surface area contributed by atoms with Crippen LogP contribution in [0.1, 0.15) is 106 Å². The van der Waals surface area contributed by atoms with Crippen molar-refractivity contribution in [2.45, 2.75) is 108 Å². The topological polar surface area (TPSA) is 175 Å². The van der Waals surface area contributed by atoms with Gasteiger partial charge in [-0.25, -0.2) is 37.1 Å². The first-order chi connectivity index (χ1) is 29.9. The summed E-state index contributed by atoms with van der Waals surface area (Å²) in [6.45, 7) is 5.24. The molecule has 0 spiro atoms. The van der Waals surface area contributed by atoms with Crippen molar-refractivity contribution in [3.8, 4) is 33.6 Å². The molecule has 2 saturated heterocycles. The average molecular weight is 877 g/mol. The van der Waals surface area contributed by atoms with Crippen molar-refractivity contribution in [1.29, 1.82) is 0 Å². The number of hydrogen-bond acceptors (Lipinski definition) is 8. The van der Waals surface area contributed by atoms with Gasteiger partial charge in [0.1, 0.15) is 23.7 Å². The molecular formula is C45H52F4N8O6. The molecule has 2 unspecified atom stereocenters. The highest BCUT2D eigenvalue weighted by atomic mass is 19.3. The summed E-state index contributed by atoms with van der Waals surface area (Å²) in [5.74, 6) is -7.29. The molecule has 4 aliphatic rings. The van der Waals surface area contributed by atoms with Gasteiger partial charge in [0.25, 0.3) is 11.8 Å². The van der Waals surface area contributed by atoms with E-state index in [1.165, 1.54) is 18.2 Å². The predicted octanol–water partition coefficient (Wildman–Crippen LogP) is 8.08. The molecule has 14 nitrogen and oxygen atoms in total. The van der Waals surface area contributed by atoms with E-state index in [2.05, 4.69) is 46.1 Å². The highest BCUT2D eigenvalue weighted by molar-refractivity contribution is 5.87. The molecule has 4 heterocycles. The van der Waals surface area contributed by atoms with Crippen molar-refractivity contribution >= 4 is 24.0 Å². The van der Waals surface area contributed by atoms with Crippen molar-refractivity contribution in [3.05, 3.63) is 71.6 Å². The number of aromatic nitrogens is 4. The van der Waals surface area contributed by atoms with Gasteiger partial charge in [-0.1, -0.05) is 64.1 Å². The van der Waals surface area contributed by atoms with Crippen LogP contribution in [-0.4, -0.2) is 105 Å². The lowest BCUT2D eigenvalue weighted by Crippen LogP contribution is -2.51. The molecule has 63 heavy (non-hydrogen) atoms. The molecule has 2 bridgehead atoms. The third-order valence-corrected chi connectivity index (χ3v) is 13.0. The van der Waals surface area contributed by atoms with E-state index in [-0.39, 0.29) is 11.6 Å². The fourth-order valence-electron chi connectivity index (χ4n) is 9.98. The molecule has 4 amide bonds. The van der Waals surface area contributed by atoms with Crippen molar-refractivity contribution < 1.29 is 46.2 Å². The molecule has 1 saturated carbocycles. The van der Waals surface area contributed by atoms with Gasteiger partial charge in [-0.3, -0.25) is 9.59 Å². The number of H-pyrrole nitrogens is 2. The Hall–Kier alpha value is -5.94. The van der Waals surface area contributed by atoms with Gasteiger partial charge in [-0.15, -0.1) is 0 Å². The van der Waals surface area contributed by atoms with Crippen LogP contribution >= 0.6 is 0 Å². The molecule has 2 aliphatic carbocycles. The van der Waals surface area contributed by atoms with E-state index in [9.17, 15) is 28.0 Å². The van der Waals surface area contributed by atoms with E-state index < -0.39 is 97.8 Å². The number of nitrogens with one attached hydrogen (secondary N) is 4. The summed E-state index contributed by atoms with van der Waals surface area (Å²) in [5, 5.41) is 4.98. The monoisotopic (exact) mass is 876 g/mol. The van der Waals surface area contributed by atoms with Crippen molar-refractivity contribution in [1.82, 2.24) is 40.4 Å². The van der Waals surface area contributed by atoms with Gasteiger partial charge in [0.15, 0.2) is 0 Å². The number of carbonyl (C=O) groups excluding carboxylic acids is 4. The van der Waals surface area contributed by atoms with Gasteiger partial charge in [-0.2, -0.15) is 0 Å². The number of likely N-dealkylation sites (tertiary alicyclic amines) is 2. The van der Waals surface area contributed by atoms with Gasteiger partial charge < -0.3 is 39.9 Å². The third-order valence-electron chi connectivity index (χ3n) is 13.0. The lowest BCUT2D eigenvalue weighted by molar-refractivity contribution is -0.137. The number of methoxy groups -OCH3 is 2. The Morgan fingerprint density at radius 1 is 0.667 bits per heavy atom. The molecule has 2 aromatic heterocycles. The third kappa shape index (κ3) is 8.35. The van der Waals surface area contributed by atoms with E-state index in [0.717, 1.165) is 58.4 Å². The minimum Gasteiger partial charge on any atom is -0.453 e. The Balaban J connectivity index is 1.04. The van der Waals surface area contributed by atoms with Crippen LogP contribution in [0.4, 0.5) is 27.2 Å². The lowest BCUT2D eigenvalue weighted by Gasteiger charge is -2.29. The molecule has 4 N–H and O–H groups in total. The van der Waals surface area contributed by atoms with Crippen LogP contribution in [0.3, 0.4) is 0 Å². The van der Waals surface area contributed by atoms with Crippen LogP contribution in [0.15, 0.2) is 48.8 Å². The molecule has 336 valence electrons. The molecule has 8 rings (SSSR count). The van der Waals surface area contributed by atoms with E-state index in [1.54, 1.807) is 40.1 Å². The Labute approximate surface area is 361 Å². The second-order valence-corrected chi connectivity index (χ2v) is 17.9. The summed E-state index contributed by atoms with van der Waals surface area (Å²) in [6.07, 6.45) is 3.35. The maximum atomic E-state index is 15.0. The second-order valence-electron chi connectivity index (χ2n) is 17.9. The summed E-state index contributed by atoms with van der Waals surface area (Å²) >= 11 is 0. The van der Waals surface area contributed by atoms with Crippen LogP contribution in [-0.2, 0) is 19.1 Å². The number of halogens is 4. The number of alkyl carbamates (subject to hydrolysis) is 2. The number of alkyl halides is 4. The second kappa shape index (κ2) is 16.6. The first-order valence-corrected chi connectivity index (χ1v) is 21.3. The highest BCUT2D eigenvalue weighted by Crippen LogP contribution is 2.58. The Bertz CT molecular complexity index is 2400. The number of amides is 4. The van der Waals surface area contributed by atoms with E-state index in [0.29, 0.717) is 23.2 Å². The van der Waals surface area contributed by atoms with Gasteiger partial charge in [0.05, 0.1) is 63.2 Å². The zero-order valence-corrected chi connectivity index (χ0v) is 35.9. The first kappa shape index (κ1) is 43.7. The number of ether oxygens (including phenoxy) is 2. The summed E-state index contributed by atoms with van der Waals surface area (Å²) in [5.41, 5.74) is 7.44. The molecule has 3 fully saturated rings. The standard InChI is InChI=1S/C45H52F4N8O6/c1-22(2)36(54-42(60)62-5)40(58)56-20-44(46,47)16-32(56)38-50-18-30(52-38)25-9-7-24(8-10-25)28-13-14-29(35-27-12-11-26(15-27)34(28)35)31-19-51-39(53-31)33-17-45(48,49)21-57(33)41(59)37(23(3)4)55-43(61)63-6/h7-10,13-14,18-19,22-23,26-27,32-33,36-37H,11-12,15-17,20-21H2,1-6H3,(H,50,52)(H,51,53)(H,54,60)(H,55,61)/t26?,27?,32-,33-,36-,37-/m0/s1.